The van der Waals surface area contributed by atoms with E-state index in [4.69, 9.17) is 4.42 Å². The van der Waals surface area contributed by atoms with Gasteiger partial charge in [-0.25, -0.2) is 0 Å². The minimum atomic E-state index is -2.92. The number of thiophene rings is 1. The molecule has 28 heavy (non-hydrogen) atoms. The van der Waals surface area contributed by atoms with Gasteiger partial charge in [0, 0.05) is 0 Å². The van der Waals surface area contributed by atoms with Crippen molar-refractivity contribution in [1.82, 2.24) is 5.32 Å². The second kappa shape index (κ2) is 8.66. The largest absolute Gasteiger partial charge is 0.459 e. The average molecular weight is 406 g/mol. The first-order chi connectivity index (χ1) is 13.4. The molecule has 0 fully saturated rings. The number of nitrogens with one attached hydrogen (secondary N) is 2. The van der Waals surface area contributed by atoms with E-state index in [0.717, 1.165) is 11.3 Å². The van der Waals surface area contributed by atoms with Crippen LogP contribution < -0.4 is 15.4 Å². The van der Waals surface area contributed by atoms with Gasteiger partial charge in [-0.05, 0) is 48.9 Å². The van der Waals surface area contributed by atoms with Crippen molar-refractivity contribution in [2.75, 3.05) is 5.32 Å². The van der Waals surface area contributed by atoms with Gasteiger partial charge in [-0.1, -0.05) is 12.1 Å². The summed E-state index contributed by atoms with van der Waals surface area (Å²) in [5.74, 6) is -0.578. The van der Waals surface area contributed by atoms with Crippen molar-refractivity contribution in [1.29, 1.82) is 0 Å². The summed E-state index contributed by atoms with van der Waals surface area (Å²) in [5, 5.41) is 5.93. The number of amides is 2. The van der Waals surface area contributed by atoms with E-state index >= 15 is 0 Å². The molecule has 0 aliphatic heterocycles. The Hall–Kier alpha value is -3.20. The number of furan rings is 1. The summed E-state index contributed by atoms with van der Waals surface area (Å²) in [5.41, 5.74) is 0.620. The van der Waals surface area contributed by atoms with E-state index in [2.05, 4.69) is 15.4 Å². The molecule has 1 atom stereocenters. The molecular weight excluding hydrogens is 390 g/mol. The number of hydrogen-bond donors (Lipinski definition) is 2. The molecule has 3 rings (SSSR count). The highest BCUT2D eigenvalue weighted by Gasteiger charge is 2.16. The summed E-state index contributed by atoms with van der Waals surface area (Å²) < 4.78 is 34.1. The number of hydrogen-bond acceptors (Lipinski definition) is 5. The number of halogens is 2. The Morgan fingerprint density at radius 2 is 1.93 bits per heavy atom. The molecule has 6 nitrogen and oxygen atoms in total. The molecule has 146 valence electrons. The molecule has 9 heteroatoms. The monoisotopic (exact) mass is 406 g/mol. The van der Waals surface area contributed by atoms with E-state index in [1.54, 1.807) is 37.3 Å². The van der Waals surface area contributed by atoms with E-state index in [1.165, 1.54) is 24.5 Å². The van der Waals surface area contributed by atoms with Crippen LogP contribution in [0.3, 0.4) is 0 Å². The van der Waals surface area contributed by atoms with Crippen molar-refractivity contribution in [3.8, 4) is 5.75 Å². The highest BCUT2D eigenvalue weighted by atomic mass is 32.1. The van der Waals surface area contributed by atoms with Crippen molar-refractivity contribution in [3.05, 3.63) is 71.0 Å². The fourth-order valence-electron chi connectivity index (χ4n) is 2.42. The Labute approximate surface area is 163 Å². The first-order valence-corrected chi connectivity index (χ1v) is 9.04. The van der Waals surface area contributed by atoms with E-state index in [9.17, 15) is 18.4 Å². The van der Waals surface area contributed by atoms with Crippen molar-refractivity contribution in [3.63, 3.8) is 0 Å². The molecule has 2 amide bonds. The number of rotatable bonds is 7. The second-order valence-corrected chi connectivity index (χ2v) is 6.83. The molecule has 2 N–H and O–H groups in total. The molecule has 0 spiro atoms. The Morgan fingerprint density at radius 1 is 1.11 bits per heavy atom. The smallest absolute Gasteiger partial charge is 0.387 e. The molecule has 3 aromatic rings. The first-order valence-electron chi connectivity index (χ1n) is 8.22. The molecule has 2 aromatic heterocycles. The van der Waals surface area contributed by atoms with Crippen molar-refractivity contribution in [2.24, 2.45) is 0 Å². The fourth-order valence-corrected chi connectivity index (χ4v) is 3.22. The van der Waals surface area contributed by atoms with Crippen LogP contribution in [0.25, 0.3) is 0 Å². The summed E-state index contributed by atoms with van der Waals surface area (Å²) in [4.78, 5) is 24.8. The zero-order chi connectivity index (χ0) is 20.1. The maximum atomic E-state index is 12.4. The van der Waals surface area contributed by atoms with Gasteiger partial charge in [0.2, 0.25) is 0 Å². The van der Waals surface area contributed by atoms with Gasteiger partial charge in [0.15, 0.2) is 5.76 Å². The number of carbonyl (C=O) groups excluding carboxylic acids is 2. The minimum absolute atomic E-state index is 0.0210. The van der Waals surface area contributed by atoms with E-state index in [-0.39, 0.29) is 17.4 Å². The third-order valence-electron chi connectivity index (χ3n) is 3.74. The number of carbonyl (C=O) groups is 2. The molecule has 1 unspecified atom stereocenters. The summed E-state index contributed by atoms with van der Waals surface area (Å²) in [6.45, 7) is -1.19. The molecule has 0 saturated carbocycles. The average Bonchev–Trinajstić information content (AvgIpc) is 3.33. The van der Waals surface area contributed by atoms with Crippen LogP contribution in [-0.4, -0.2) is 18.4 Å². The third-order valence-corrected chi connectivity index (χ3v) is 4.74. The number of alkyl halides is 2. The Bertz CT molecular complexity index is 957. The lowest BCUT2D eigenvalue weighted by molar-refractivity contribution is -0.0499. The highest BCUT2D eigenvalue weighted by Crippen LogP contribution is 2.25. The van der Waals surface area contributed by atoms with Gasteiger partial charge >= 0.3 is 6.61 Å². The number of ether oxygens (including phenoxy) is 1. The predicted molar refractivity (Wildman–Crippen MR) is 99.9 cm³/mol. The van der Waals surface area contributed by atoms with E-state index in [1.807, 2.05) is 0 Å². The van der Waals surface area contributed by atoms with Crippen LogP contribution in [0.15, 0.2) is 59.2 Å². The van der Waals surface area contributed by atoms with Crippen molar-refractivity contribution in [2.45, 2.75) is 19.6 Å². The molecule has 1 aromatic carbocycles. The maximum Gasteiger partial charge on any atom is 0.387 e. The molecule has 0 saturated heterocycles. The zero-order valence-corrected chi connectivity index (χ0v) is 15.5. The van der Waals surface area contributed by atoms with Gasteiger partial charge in [0.1, 0.15) is 5.75 Å². The lowest BCUT2D eigenvalue weighted by Crippen LogP contribution is -2.25. The lowest BCUT2D eigenvalue weighted by atomic mass is 10.1. The van der Waals surface area contributed by atoms with E-state index < -0.39 is 18.6 Å². The standard InChI is InChI=1S/C19H16F2N2O4S/c1-11(12-4-2-5-13(10-12)27-19(20)21)22-18(25)15-7-8-16(28-15)23-17(24)14-6-3-9-26-14/h2-11,19H,1H3,(H,22,25)(H,23,24). The summed E-state index contributed by atoms with van der Waals surface area (Å²) in [7, 11) is 0. The SMILES string of the molecule is CC(NC(=O)c1ccc(NC(=O)c2ccco2)s1)c1cccc(OC(F)F)c1. The quantitative estimate of drug-likeness (QED) is 0.597. The topological polar surface area (TPSA) is 80.6 Å². The Kier molecular flexibility index (Phi) is 6.05. The highest BCUT2D eigenvalue weighted by molar-refractivity contribution is 7.18. The van der Waals surface area contributed by atoms with Crippen LogP contribution in [0.2, 0.25) is 0 Å². The lowest BCUT2D eigenvalue weighted by Gasteiger charge is -2.15. The fraction of sp³-hybridized carbons (Fsp3) is 0.158. The summed E-state index contributed by atoms with van der Waals surface area (Å²) in [6.07, 6.45) is 1.39. The maximum absolute atomic E-state index is 12.4. The third kappa shape index (κ3) is 4.95. The second-order valence-electron chi connectivity index (χ2n) is 5.74. The van der Waals surface area contributed by atoms with Crippen LogP contribution in [0.5, 0.6) is 5.75 Å². The first kappa shape index (κ1) is 19.6. The zero-order valence-electron chi connectivity index (χ0n) is 14.6. The van der Waals surface area contributed by atoms with Crippen LogP contribution in [0.1, 0.15) is 38.8 Å². The summed E-state index contributed by atoms with van der Waals surface area (Å²) >= 11 is 1.11. The minimum Gasteiger partial charge on any atom is -0.459 e. The number of anilines is 1. The normalized spacial score (nSPS) is 11.9. The van der Waals surface area contributed by atoms with Gasteiger partial charge in [0.05, 0.1) is 22.2 Å². The van der Waals surface area contributed by atoms with Crippen molar-refractivity contribution >= 4 is 28.2 Å². The van der Waals surface area contributed by atoms with Crippen molar-refractivity contribution < 1.29 is 27.5 Å². The predicted octanol–water partition coefficient (Wildman–Crippen LogP) is 4.69. The van der Waals surface area contributed by atoms with E-state index in [0.29, 0.717) is 15.4 Å². The van der Waals surface area contributed by atoms with Gasteiger partial charge in [-0.3, -0.25) is 9.59 Å². The van der Waals surface area contributed by atoms with Crippen LogP contribution in [0.4, 0.5) is 13.8 Å². The molecular formula is C19H16F2N2O4S. The van der Waals surface area contributed by atoms with Gasteiger partial charge in [0.25, 0.3) is 11.8 Å². The Balaban J connectivity index is 1.62. The van der Waals surface area contributed by atoms with Gasteiger partial charge < -0.3 is 19.8 Å². The van der Waals surface area contributed by atoms with Crippen LogP contribution in [-0.2, 0) is 0 Å². The van der Waals surface area contributed by atoms with Gasteiger partial charge in [-0.2, -0.15) is 8.78 Å². The van der Waals surface area contributed by atoms with Gasteiger partial charge in [-0.15, -0.1) is 11.3 Å². The Morgan fingerprint density at radius 3 is 2.64 bits per heavy atom. The molecule has 0 aliphatic rings. The molecule has 0 aliphatic carbocycles. The summed E-state index contributed by atoms with van der Waals surface area (Å²) in [6, 6.07) is 12.0. The van der Waals surface area contributed by atoms with Crippen LogP contribution >= 0.6 is 11.3 Å². The molecule has 2 heterocycles. The molecule has 0 bridgehead atoms. The number of benzene rings is 1. The van der Waals surface area contributed by atoms with Crippen LogP contribution in [0, 0.1) is 0 Å². The molecule has 0 radical (unpaired) electrons.